The summed E-state index contributed by atoms with van der Waals surface area (Å²) in [5.41, 5.74) is 1.08. The van der Waals surface area contributed by atoms with E-state index in [-0.39, 0.29) is 0 Å². The van der Waals surface area contributed by atoms with Crippen molar-refractivity contribution in [2.75, 3.05) is 13.1 Å². The normalized spacial score (nSPS) is 31.7. The number of rotatable bonds is 4. The van der Waals surface area contributed by atoms with Crippen LogP contribution < -0.4 is 5.32 Å². The van der Waals surface area contributed by atoms with Crippen LogP contribution in [0.4, 0.5) is 0 Å². The summed E-state index contributed by atoms with van der Waals surface area (Å²) < 4.78 is 0. The fraction of sp³-hybridized carbons (Fsp3) is 1.00. The van der Waals surface area contributed by atoms with Crippen LogP contribution in [-0.2, 0) is 0 Å². The lowest BCUT2D eigenvalue weighted by Gasteiger charge is -2.42. The van der Waals surface area contributed by atoms with Crippen LogP contribution in [0.15, 0.2) is 0 Å². The maximum absolute atomic E-state index is 3.60. The molecule has 1 saturated carbocycles. The van der Waals surface area contributed by atoms with E-state index in [2.05, 4.69) is 39.9 Å². The third kappa shape index (κ3) is 4.08. The van der Waals surface area contributed by atoms with Crippen LogP contribution in [0.5, 0.6) is 0 Å². The summed E-state index contributed by atoms with van der Waals surface area (Å²) in [6, 6.07) is 0. The lowest BCUT2D eigenvalue weighted by atomic mass is 9.65. The monoisotopic (exact) mass is 225 g/mol. The van der Waals surface area contributed by atoms with Gasteiger partial charge in [-0.1, -0.05) is 34.6 Å². The average molecular weight is 225 g/mol. The average Bonchev–Trinajstić information content (AvgIpc) is 2.17. The Labute approximate surface area is 102 Å². The first-order chi connectivity index (χ1) is 7.37. The molecule has 0 spiro atoms. The molecule has 0 radical (unpaired) electrons. The molecular weight excluding hydrogens is 194 g/mol. The Hall–Kier alpha value is -0.0400. The van der Waals surface area contributed by atoms with Crippen molar-refractivity contribution in [2.24, 2.45) is 16.7 Å². The third-order valence-corrected chi connectivity index (χ3v) is 4.40. The zero-order chi connectivity index (χ0) is 12.2. The Morgan fingerprint density at radius 2 is 1.75 bits per heavy atom. The highest BCUT2D eigenvalue weighted by atomic mass is 14.9. The minimum atomic E-state index is 0.512. The number of hydrogen-bond donors (Lipinski definition) is 1. The van der Waals surface area contributed by atoms with Crippen molar-refractivity contribution in [3.8, 4) is 0 Å². The van der Waals surface area contributed by atoms with E-state index < -0.39 is 0 Å². The fourth-order valence-corrected chi connectivity index (χ4v) is 2.92. The SMILES string of the molecule is CCCNCC1(C)CCC(C(C)(C)C)CC1. The molecule has 1 nitrogen and oxygen atoms in total. The lowest BCUT2D eigenvalue weighted by molar-refractivity contribution is 0.0988. The van der Waals surface area contributed by atoms with Crippen LogP contribution in [0.2, 0.25) is 0 Å². The standard InChI is InChI=1S/C15H31N/c1-6-11-16-12-15(5)9-7-13(8-10-15)14(2,3)4/h13,16H,6-12H2,1-5H3. The summed E-state index contributed by atoms with van der Waals surface area (Å²) >= 11 is 0. The van der Waals surface area contributed by atoms with E-state index in [1.807, 2.05) is 0 Å². The lowest BCUT2D eigenvalue weighted by Crippen LogP contribution is -2.38. The van der Waals surface area contributed by atoms with Gasteiger partial charge in [0, 0.05) is 6.54 Å². The summed E-state index contributed by atoms with van der Waals surface area (Å²) in [6.07, 6.45) is 6.92. The molecule has 0 heterocycles. The quantitative estimate of drug-likeness (QED) is 0.706. The van der Waals surface area contributed by atoms with Gasteiger partial charge in [-0.3, -0.25) is 0 Å². The molecule has 1 aliphatic rings. The Morgan fingerprint density at radius 3 is 2.19 bits per heavy atom. The van der Waals surface area contributed by atoms with Gasteiger partial charge in [0.25, 0.3) is 0 Å². The smallest absolute Gasteiger partial charge is 0.000516 e. The zero-order valence-electron chi connectivity index (χ0n) is 12.0. The molecule has 16 heavy (non-hydrogen) atoms. The molecule has 96 valence electrons. The third-order valence-electron chi connectivity index (χ3n) is 4.40. The highest BCUT2D eigenvalue weighted by Gasteiger charge is 2.35. The van der Waals surface area contributed by atoms with Gasteiger partial charge >= 0.3 is 0 Å². The van der Waals surface area contributed by atoms with Crippen LogP contribution in [0.1, 0.15) is 66.7 Å². The van der Waals surface area contributed by atoms with E-state index >= 15 is 0 Å². The molecule has 1 heteroatoms. The largest absolute Gasteiger partial charge is 0.316 e. The second-order valence-electron chi connectivity index (χ2n) is 7.13. The van der Waals surface area contributed by atoms with Crippen LogP contribution in [0.25, 0.3) is 0 Å². The van der Waals surface area contributed by atoms with Crippen molar-refractivity contribution in [1.82, 2.24) is 5.32 Å². The Morgan fingerprint density at radius 1 is 1.19 bits per heavy atom. The Kier molecular flexibility index (Phi) is 4.85. The number of nitrogens with one attached hydrogen (secondary N) is 1. The van der Waals surface area contributed by atoms with Crippen LogP contribution in [0.3, 0.4) is 0 Å². The summed E-state index contributed by atoms with van der Waals surface area (Å²) in [5.74, 6) is 0.937. The molecule has 0 unspecified atom stereocenters. The minimum Gasteiger partial charge on any atom is -0.316 e. The molecule has 0 atom stereocenters. The van der Waals surface area contributed by atoms with Gasteiger partial charge in [0.05, 0.1) is 0 Å². The molecule has 1 fully saturated rings. The summed E-state index contributed by atoms with van der Waals surface area (Å²) in [7, 11) is 0. The fourth-order valence-electron chi connectivity index (χ4n) is 2.92. The minimum absolute atomic E-state index is 0.512. The Bertz CT molecular complexity index is 194. The maximum atomic E-state index is 3.60. The van der Waals surface area contributed by atoms with E-state index in [0.29, 0.717) is 10.8 Å². The van der Waals surface area contributed by atoms with Gasteiger partial charge in [0.1, 0.15) is 0 Å². The number of hydrogen-bond acceptors (Lipinski definition) is 1. The first-order valence-electron chi connectivity index (χ1n) is 7.08. The van der Waals surface area contributed by atoms with Crippen molar-refractivity contribution < 1.29 is 0 Å². The van der Waals surface area contributed by atoms with Gasteiger partial charge in [-0.15, -0.1) is 0 Å². The van der Waals surface area contributed by atoms with Crippen molar-refractivity contribution in [3.63, 3.8) is 0 Å². The van der Waals surface area contributed by atoms with Crippen molar-refractivity contribution in [2.45, 2.75) is 66.7 Å². The van der Waals surface area contributed by atoms with E-state index in [4.69, 9.17) is 0 Å². The van der Waals surface area contributed by atoms with Gasteiger partial charge in [-0.25, -0.2) is 0 Å². The molecule has 0 amide bonds. The molecule has 1 N–H and O–H groups in total. The van der Waals surface area contributed by atoms with Gasteiger partial charge in [0.15, 0.2) is 0 Å². The van der Waals surface area contributed by atoms with Crippen LogP contribution in [-0.4, -0.2) is 13.1 Å². The van der Waals surface area contributed by atoms with E-state index in [0.717, 1.165) is 5.92 Å². The Balaban J connectivity index is 2.35. The predicted octanol–water partition coefficient (Wildman–Crippen LogP) is 4.23. The predicted molar refractivity (Wildman–Crippen MR) is 72.7 cm³/mol. The summed E-state index contributed by atoms with van der Waals surface area (Å²) in [4.78, 5) is 0. The maximum Gasteiger partial charge on any atom is 0.000516 e. The molecule has 1 aliphatic carbocycles. The molecule has 0 aromatic carbocycles. The molecule has 0 aliphatic heterocycles. The molecule has 0 aromatic rings. The van der Waals surface area contributed by atoms with E-state index in [9.17, 15) is 0 Å². The summed E-state index contributed by atoms with van der Waals surface area (Å²) in [5, 5.41) is 3.60. The van der Waals surface area contributed by atoms with Gasteiger partial charge in [0.2, 0.25) is 0 Å². The van der Waals surface area contributed by atoms with Gasteiger partial charge in [-0.05, 0) is 55.4 Å². The molecule has 0 saturated heterocycles. The van der Waals surface area contributed by atoms with Crippen molar-refractivity contribution >= 4 is 0 Å². The van der Waals surface area contributed by atoms with E-state index in [1.54, 1.807) is 0 Å². The highest BCUT2D eigenvalue weighted by Crippen LogP contribution is 2.44. The first-order valence-corrected chi connectivity index (χ1v) is 7.08. The highest BCUT2D eigenvalue weighted by molar-refractivity contribution is 4.87. The van der Waals surface area contributed by atoms with E-state index in [1.165, 1.54) is 45.2 Å². The first kappa shape index (κ1) is 14.0. The van der Waals surface area contributed by atoms with Crippen LogP contribution in [0, 0.1) is 16.7 Å². The molecule has 0 bridgehead atoms. The second-order valence-corrected chi connectivity index (χ2v) is 7.13. The molecule has 0 aromatic heterocycles. The molecule has 1 rings (SSSR count). The van der Waals surface area contributed by atoms with Gasteiger partial charge < -0.3 is 5.32 Å². The zero-order valence-corrected chi connectivity index (χ0v) is 12.0. The van der Waals surface area contributed by atoms with Crippen molar-refractivity contribution in [3.05, 3.63) is 0 Å². The van der Waals surface area contributed by atoms with Gasteiger partial charge in [-0.2, -0.15) is 0 Å². The topological polar surface area (TPSA) is 12.0 Å². The second kappa shape index (κ2) is 5.53. The van der Waals surface area contributed by atoms with Crippen LogP contribution >= 0.6 is 0 Å². The summed E-state index contributed by atoms with van der Waals surface area (Å²) in [6.45, 7) is 14.3. The molecular formula is C15H31N. The van der Waals surface area contributed by atoms with Crippen molar-refractivity contribution in [1.29, 1.82) is 0 Å².